The van der Waals surface area contributed by atoms with Crippen LogP contribution in [0.15, 0.2) is 30.5 Å². The highest BCUT2D eigenvalue weighted by atomic mass is 35.5. The van der Waals surface area contributed by atoms with Crippen LogP contribution in [0.5, 0.6) is 0 Å². The summed E-state index contributed by atoms with van der Waals surface area (Å²) in [5.41, 5.74) is 0.0347. The molecule has 1 aromatic carbocycles. The number of nitrogens with zero attached hydrogens (tertiary/aromatic N) is 1. The highest BCUT2D eigenvalue weighted by molar-refractivity contribution is 6.31. The second-order valence-corrected chi connectivity index (χ2v) is 3.99. The first-order valence-corrected chi connectivity index (χ1v) is 5.10. The highest BCUT2D eigenvalue weighted by Crippen LogP contribution is 2.29. The monoisotopic (exact) mass is 259 g/mol. The van der Waals surface area contributed by atoms with E-state index in [4.69, 9.17) is 23.2 Å². The Morgan fingerprint density at radius 1 is 0.938 bits per heavy atom. The summed E-state index contributed by atoms with van der Waals surface area (Å²) < 4.78 is 26.9. The molecule has 0 radical (unpaired) electrons. The zero-order valence-corrected chi connectivity index (χ0v) is 9.36. The Morgan fingerprint density at radius 3 is 2.38 bits per heavy atom. The van der Waals surface area contributed by atoms with Gasteiger partial charge in [0.25, 0.3) is 0 Å². The first-order valence-electron chi connectivity index (χ1n) is 4.34. The van der Waals surface area contributed by atoms with Gasteiger partial charge in [0.15, 0.2) is 0 Å². The lowest BCUT2D eigenvalue weighted by molar-refractivity contribution is 0.583. The van der Waals surface area contributed by atoms with Crippen LogP contribution in [-0.2, 0) is 0 Å². The summed E-state index contributed by atoms with van der Waals surface area (Å²) in [6, 6.07) is 5.18. The molecule has 0 aliphatic heterocycles. The average Bonchev–Trinajstić information content (AvgIpc) is 2.25. The summed E-state index contributed by atoms with van der Waals surface area (Å²) in [4.78, 5) is 3.42. The van der Waals surface area contributed by atoms with Crippen LogP contribution in [-0.4, -0.2) is 4.98 Å². The van der Waals surface area contributed by atoms with Crippen molar-refractivity contribution in [3.63, 3.8) is 0 Å². The Bertz CT molecular complexity index is 494. The molecule has 2 aromatic rings. The molecule has 0 fully saturated rings. The van der Waals surface area contributed by atoms with Gasteiger partial charge in [0.1, 0.15) is 5.82 Å². The minimum absolute atomic E-state index is 0.00694. The minimum Gasteiger partial charge on any atom is -0.226 e. The van der Waals surface area contributed by atoms with Crippen LogP contribution in [0, 0.1) is 11.8 Å². The van der Waals surface area contributed by atoms with Gasteiger partial charge < -0.3 is 0 Å². The molecule has 0 saturated carbocycles. The first-order chi connectivity index (χ1) is 7.58. The summed E-state index contributed by atoms with van der Waals surface area (Å²) in [7, 11) is 0. The number of benzene rings is 1. The lowest BCUT2D eigenvalue weighted by Crippen LogP contribution is -1.91. The fourth-order valence-electron chi connectivity index (χ4n) is 1.32. The van der Waals surface area contributed by atoms with Gasteiger partial charge in [-0.05, 0) is 24.3 Å². The minimum atomic E-state index is -0.787. The van der Waals surface area contributed by atoms with Gasteiger partial charge in [-0.1, -0.05) is 23.2 Å². The van der Waals surface area contributed by atoms with Crippen molar-refractivity contribution < 1.29 is 8.78 Å². The standard InChI is InChI=1S/C11H5Cl2F2N/c12-6-1-2-10(14)8(3-6)9-4-7(13)5-16-11(9)15/h1-5H. The van der Waals surface area contributed by atoms with Gasteiger partial charge in [-0.3, -0.25) is 0 Å². The number of rotatable bonds is 1. The van der Waals surface area contributed by atoms with Crippen molar-refractivity contribution in [1.82, 2.24) is 4.98 Å². The topological polar surface area (TPSA) is 12.9 Å². The van der Waals surface area contributed by atoms with E-state index >= 15 is 0 Å². The molecule has 5 heteroatoms. The van der Waals surface area contributed by atoms with Gasteiger partial charge in [0.2, 0.25) is 5.95 Å². The van der Waals surface area contributed by atoms with Gasteiger partial charge in [-0.25, -0.2) is 9.37 Å². The van der Waals surface area contributed by atoms with E-state index < -0.39 is 11.8 Å². The summed E-state index contributed by atoms with van der Waals surface area (Å²) >= 11 is 11.4. The zero-order valence-electron chi connectivity index (χ0n) is 7.85. The van der Waals surface area contributed by atoms with Crippen molar-refractivity contribution in [3.05, 3.63) is 52.3 Å². The lowest BCUT2D eigenvalue weighted by atomic mass is 10.1. The van der Waals surface area contributed by atoms with E-state index in [9.17, 15) is 8.78 Å². The maximum Gasteiger partial charge on any atom is 0.220 e. The Labute approximate surface area is 101 Å². The summed E-state index contributed by atoms with van der Waals surface area (Å²) in [5, 5.41) is 0.548. The van der Waals surface area contributed by atoms with Crippen molar-refractivity contribution in [3.8, 4) is 11.1 Å². The summed E-state index contributed by atoms with van der Waals surface area (Å²) in [5.74, 6) is -1.36. The van der Waals surface area contributed by atoms with E-state index in [0.29, 0.717) is 5.02 Å². The van der Waals surface area contributed by atoms with Gasteiger partial charge in [0, 0.05) is 22.3 Å². The van der Waals surface area contributed by atoms with Crippen molar-refractivity contribution >= 4 is 23.2 Å². The third-order valence-corrected chi connectivity index (χ3v) is 2.47. The normalized spacial score (nSPS) is 10.5. The van der Waals surface area contributed by atoms with Gasteiger partial charge in [0.05, 0.1) is 5.02 Å². The maximum atomic E-state index is 13.5. The molecule has 0 atom stereocenters. The molecule has 0 amide bonds. The Morgan fingerprint density at radius 2 is 1.62 bits per heavy atom. The number of halogens is 4. The van der Waals surface area contributed by atoms with Crippen LogP contribution in [0.25, 0.3) is 11.1 Å². The quantitative estimate of drug-likeness (QED) is 0.695. The van der Waals surface area contributed by atoms with Crippen LogP contribution in [0.4, 0.5) is 8.78 Å². The van der Waals surface area contributed by atoms with E-state index in [1.54, 1.807) is 0 Å². The Hall–Kier alpha value is -1.19. The fraction of sp³-hybridized carbons (Fsp3) is 0. The van der Waals surface area contributed by atoms with Crippen molar-refractivity contribution in [1.29, 1.82) is 0 Å². The largest absolute Gasteiger partial charge is 0.226 e. The molecule has 2 rings (SSSR count). The lowest BCUT2D eigenvalue weighted by Gasteiger charge is -2.05. The SMILES string of the molecule is Fc1ccc(Cl)cc1-c1cc(Cl)cnc1F. The molecule has 0 unspecified atom stereocenters. The van der Waals surface area contributed by atoms with E-state index in [0.717, 1.165) is 12.3 Å². The second kappa shape index (κ2) is 4.36. The van der Waals surface area contributed by atoms with E-state index in [1.165, 1.54) is 18.2 Å². The highest BCUT2D eigenvalue weighted by Gasteiger charge is 2.12. The molecule has 0 aliphatic carbocycles. The average molecular weight is 260 g/mol. The van der Waals surface area contributed by atoms with E-state index in [-0.39, 0.29) is 16.1 Å². The predicted molar refractivity (Wildman–Crippen MR) is 59.6 cm³/mol. The molecule has 1 aromatic heterocycles. The maximum absolute atomic E-state index is 13.5. The number of pyridine rings is 1. The summed E-state index contributed by atoms with van der Waals surface area (Å²) in [6.07, 6.45) is 1.16. The second-order valence-electron chi connectivity index (χ2n) is 3.12. The molecule has 16 heavy (non-hydrogen) atoms. The zero-order chi connectivity index (χ0) is 11.7. The van der Waals surface area contributed by atoms with Gasteiger partial charge in [-0.15, -0.1) is 0 Å². The molecule has 1 nitrogen and oxygen atoms in total. The number of hydrogen-bond acceptors (Lipinski definition) is 1. The van der Waals surface area contributed by atoms with E-state index in [1.807, 2.05) is 0 Å². The molecule has 0 spiro atoms. The van der Waals surface area contributed by atoms with Crippen LogP contribution < -0.4 is 0 Å². The molecule has 0 N–H and O–H groups in total. The van der Waals surface area contributed by atoms with E-state index in [2.05, 4.69) is 4.98 Å². The first kappa shape index (κ1) is 11.3. The number of aromatic nitrogens is 1. The third-order valence-electron chi connectivity index (χ3n) is 2.02. The predicted octanol–water partition coefficient (Wildman–Crippen LogP) is 4.33. The van der Waals surface area contributed by atoms with Crippen molar-refractivity contribution in [2.24, 2.45) is 0 Å². The smallest absolute Gasteiger partial charge is 0.220 e. The van der Waals surface area contributed by atoms with Crippen LogP contribution in [0.2, 0.25) is 10.0 Å². The summed E-state index contributed by atoms with van der Waals surface area (Å²) in [6.45, 7) is 0. The fourth-order valence-corrected chi connectivity index (χ4v) is 1.65. The Balaban J connectivity index is 2.66. The Kier molecular flexibility index (Phi) is 3.08. The van der Waals surface area contributed by atoms with Crippen LogP contribution in [0.3, 0.4) is 0 Å². The van der Waals surface area contributed by atoms with Crippen LogP contribution >= 0.6 is 23.2 Å². The van der Waals surface area contributed by atoms with Gasteiger partial charge >= 0.3 is 0 Å². The van der Waals surface area contributed by atoms with Crippen molar-refractivity contribution in [2.45, 2.75) is 0 Å². The van der Waals surface area contributed by atoms with Crippen LogP contribution in [0.1, 0.15) is 0 Å². The molecular weight excluding hydrogens is 255 g/mol. The third kappa shape index (κ3) is 2.15. The molecule has 0 aliphatic rings. The molecule has 1 heterocycles. The van der Waals surface area contributed by atoms with Gasteiger partial charge in [-0.2, -0.15) is 4.39 Å². The molecular formula is C11H5Cl2F2N. The molecule has 82 valence electrons. The van der Waals surface area contributed by atoms with Crippen molar-refractivity contribution in [2.75, 3.05) is 0 Å². The molecule has 0 saturated heterocycles. The molecule has 0 bridgehead atoms. The number of hydrogen-bond donors (Lipinski definition) is 0.